The standard InChI is InChI=1S/C21H21ClN4OS/c22-15-6-7-16-17(13-15)23-19(18-5-2-12-28-18)24-20(16)25-8-10-26(11-9-25)21(27)14-3-1-4-14/h2,5-7,12-14H,1,3-4,8-11H2. The van der Waals surface area contributed by atoms with Crippen molar-refractivity contribution in [2.45, 2.75) is 19.3 Å². The quantitative estimate of drug-likeness (QED) is 0.637. The minimum absolute atomic E-state index is 0.263. The van der Waals surface area contributed by atoms with Gasteiger partial charge in [-0.1, -0.05) is 24.1 Å². The van der Waals surface area contributed by atoms with E-state index in [1.807, 2.05) is 40.6 Å². The Hall–Kier alpha value is -2.18. The van der Waals surface area contributed by atoms with Crippen LogP contribution < -0.4 is 4.90 Å². The number of piperazine rings is 1. The van der Waals surface area contributed by atoms with Crippen molar-refractivity contribution in [3.05, 3.63) is 40.7 Å². The second-order valence-electron chi connectivity index (χ2n) is 7.45. The van der Waals surface area contributed by atoms with Gasteiger partial charge in [-0.05, 0) is 42.5 Å². The first kappa shape index (κ1) is 17.9. The predicted molar refractivity (Wildman–Crippen MR) is 114 cm³/mol. The Morgan fingerprint density at radius 2 is 1.93 bits per heavy atom. The molecule has 144 valence electrons. The van der Waals surface area contributed by atoms with Gasteiger partial charge in [-0.2, -0.15) is 0 Å². The van der Waals surface area contributed by atoms with Crippen molar-refractivity contribution in [2.24, 2.45) is 5.92 Å². The fourth-order valence-corrected chi connectivity index (χ4v) is 4.72. The maximum atomic E-state index is 12.6. The Bertz CT molecular complexity index is 1010. The maximum absolute atomic E-state index is 12.6. The average molecular weight is 413 g/mol. The second kappa shape index (κ2) is 7.33. The number of carbonyl (C=O) groups excluding carboxylic acids is 1. The summed E-state index contributed by atoms with van der Waals surface area (Å²) in [6, 6.07) is 9.83. The summed E-state index contributed by atoms with van der Waals surface area (Å²) in [5.74, 6) is 2.26. The Morgan fingerprint density at radius 3 is 2.61 bits per heavy atom. The van der Waals surface area contributed by atoms with Crippen molar-refractivity contribution in [1.29, 1.82) is 0 Å². The van der Waals surface area contributed by atoms with Gasteiger partial charge >= 0.3 is 0 Å². The van der Waals surface area contributed by atoms with Crippen molar-refractivity contribution in [2.75, 3.05) is 31.1 Å². The van der Waals surface area contributed by atoms with Gasteiger partial charge < -0.3 is 9.80 Å². The van der Waals surface area contributed by atoms with Crippen LogP contribution in [0.3, 0.4) is 0 Å². The smallest absolute Gasteiger partial charge is 0.225 e. The zero-order valence-electron chi connectivity index (χ0n) is 15.5. The van der Waals surface area contributed by atoms with Crippen molar-refractivity contribution in [1.82, 2.24) is 14.9 Å². The van der Waals surface area contributed by atoms with Crippen LogP contribution in [0.4, 0.5) is 5.82 Å². The summed E-state index contributed by atoms with van der Waals surface area (Å²) in [5.41, 5.74) is 0.855. The van der Waals surface area contributed by atoms with Crippen molar-refractivity contribution in [3.8, 4) is 10.7 Å². The second-order valence-corrected chi connectivity index (χ2v) is 8.83. The number of nitrogens with zero attached hydrogens (tertiary/aromatic N) is 4. The summed E-state index contributed by atoms with van der Waals surface area (Å²) in [6.45, 7) is 3.08. The van der Waals surface area contributed by atoms with E-state index in [0.717, 1.165) is 66.4 Å². The first-order valence-electron chi connectivity index (χ1n) is 9.74. The minimum Gasteiger partial charge on any atom is -0.352 e. The molecule has 1 saturated heterocycles. The van der Waals surface area contributed by atoms with E-state index in [4.69, 9.17) is 21.6 Å². The van der Waals surface area contributed by atoms with Crippen molar-refractivity contribution >= 4 is 45.6 Å². The zero-order valence-corrected chi connectivity index (χ0v) is 17.0. The van der Waals surface area contributed by atoms with E-state index < -0.39 is 0 Å². The van der Waals surface area contributed by atoms with Crippen LogP contribution in [-0.4, -0.2) is 47.0 Å². The molecule has 5 nitrogen and oxygen atoms in total. The van der Waals surface area contributed by atoms with Crippen LogP contribution in [0, 0.1) is 5.92 Å². The Labute approximate surface area is 173 Å². The molecule has 1 aromatic carbocycles. The molecule has 3 aromatic rings. The molecule has 0 N–H and O–H groups in total. The van der Waals surface area contributed by atoms with Crippen LogP contribution in [0.5, 0.6) is 0 Å². The molecule has 1 aliphatic heterocycles. The van der Waals surface area contributed by atoms with E-state index >= 15 is 0 Å². The van der Waals surface area contributed by atoms with Crippen LogP contribution in [-0.2, 0) is 4.79 Å². The molecule has 0 atom stereocenters. The van der Waals surface area contributed by atoms with E-state index in [9.17, 15) is 4.79 Å². The van der Waals surface area contributed by atoms with Crippen LogP contribution in [0.1, 0.15) is 19.3 Å². The number of hydrogen-bond donors (Lipinski definition) is 0. The predicted octanol–water partition coefficient (Wildman–Crippen LogP) is 4.46. The van der Waals surface area contributed by atoms with E-state index in [0.29, 0.717) is 10.9 Å². The third-order valence-corrected chi connectivity index (χ3v) is 6.83. The molecule has 2 aromatic heterocycles. The molecule has 0 radical (unpaired) electrons. The lowest BCUT2D eigenvalue weighted by Gasteiger charge is -2.39. The van der Waals surface area contributed by atoms with Crippen molar-refractivity contribution < 1.29 is 4.79 Å². The molecule has 7 heteroatoms. The molecule has 0 unspecified atom stereocenters. The van der Waals surface area contributed by atoms with Gasteiger partial charge in [0.1, 0.15) is 5.82 Å². The van der Waals surface area contributed by atoms with Gasteiger partial charge in [0.05, 0.1) is 10.4 Å². The van der Waals surface area contributed by atoms with E-state index in [1.54, 1.807) is 11.3 Å². The van der Waals surface area contributed by atoms with Gasteiger partial charge in [0, 0.05) is 42.5 Å². The number of thiophene rings is 1. The summed E-state index contributed by atoms with van der Waals surface area (Å²) in [6.07, 6.45) is 3.30. The summed E-state index contributed by atoms with van der Waals surface area (Å²) < 4.78 is 0. The van der Waals surface area contributed by atoms with Gasteiger partial charge in [-0.15, -0.1) is 11.3 Å². The lowest BCUT2D eigenvalue weighted by molar-refractivity contribution is -0.138. The first-order chi connectivity index (χ1) is 13.7. The molecule has 1 saturated carbocycles. The topological polar surface area (TPSA) is 49.3 Å². The molecule has 0 bridgehead atoms. The lowest BCUT2D eigenvalue weighted by Crippen LogP contribution is -2.51. The fourth-order valence-electron chi connectivity index (χ4n) is 3.90. The molecular weight excluding hydrogens is 392 g/mol. The highest BCUT2D eigenvalue weighted by atomic mass is 35.5. The largest absolute Gasteiger partial charge is 0.352 e. The molecular formula is C21H21ClN4OS. The summed E-state index contributed by atoms with van der Waals surface area (Å²) in [5, 5.41) is 3.71. The number of halogens is 1. The SMILES string of the molecule is O=C(C1CCC1)N1CCN(c2nc(-c3cccs3)nc3cc(Cl)ccc23)CC1. The number of aromatic nitrogens is 2. The average Bonchev–Trinajstić information content (AvgIpc) is 3.20. The minimum atomic E-state index is 0.263. The molecule has 1 aliphatic carbocycles. The zero-order chi connectivity index (χ0) is 19.1. The Morgan fingerprint density at radius 1 is 1.11 bits per heavy atom. The van der Waals surface area contributed by atoms with Gasteiger partial charge in [0.2, 0.25) is 5.91 Å². The molecule has 2 aliphatic rings. The highest BCUT2D eigenvalue weighted by Gasteiger charge is 2.31. The Balaban J connectivity index is 1.45. The maximum Gasteiger partial charge on any atom is 0.225 e. The number of anilines is 1. The molecule has 1 amide bonds. The molecule has 2 fully saturated rings. The van der Waals surface area contributed by atoms with Gasteiger partial charge in [0.25, 0.3) is 0 Å². The van der Waals surface area contributed by atoms with Gasteiger partial charge in [0.15, 0.2) is 5.82 Å². The number of rotatable bonds is 3. The molecule has 3 heterocycles. The van der Waals surface area contributed by atoms with Crippen LogP contribution in [0.25, 0.3) is 21.6 Å². The third-order valence-electron chi connectivity index (χ3n) is 5.73. The number of carbonyl (C=O) groups is 1. The highest BCUT2D eigenvalue weighted by molar-refractivity contribution is 7.13. The molecule has 28 heavy (non-hydrogen) atoms. The van der Waals surface area contributed by atoms with E-state index in [-0.39, 0.29) is 5.92 Å². The van der Waals surface area contributed by atoms with Gasteiger partial charge in [-0.25, -0.2) is 9.97 Å². The van der Waals surface area contributed by atoms with Crippen LogP contribution >= 0.6 is 22.9 Å². The summed E-state index contributed by atoms with van der Waals surface area (Å²) in [4.78, 5) is 27.6. The van der Waals surface area contributed by atoms with Gasteiger partial charge in [-0.3, -0.25) is 4.79 Å². The summed E-state index contributed by atoms with van der Waals surface area (Å²) >= 11 is 7.85. The summed E-state index contributed by atoms with van der Waals surface area (Å²) in [7, 11) is 0. The number of amides is 1. The van der Waals surface area contributed by atoms with E-state index in [1.165, 1.54) is 6.42 Å². The van der Waals surface area contributed by atoms with Crippen LogP contribution in [0.15, 0.2) is 35.7 Å². The number of benzene rings is 1. The normalized spacial score (nSPS) is 17.8. The number of hydrogen-bond acceptors (Lipinski definition) is 5. The number of fused-ring (bicyclic) bond motifs is 1. The lowest BCUT2D eigenvalue weighted by atomic mass is 9.84. The molecule has 0 spiro atoms. The first-order valence-corrected chi connectivity index (χ1v) is 11.0. The third kappa shape index (κ3) is 3.25. The highest BCUT2D eigenvalue weighted by Crippen LogP contribution is 2.32. The fraction of sp³-hybridized carbons (Fsp3) is 0.381. The monoisotopic (exact) mass is 412 g/mol. The van der Waals surface area contributed by atoms with Crippen molar-refractivity contribution in [3.63, 3.8) is 0 Å². The van der Waals surface area contributed by atoms with E-state index in [2.05, 4.69) is 4.90 Å². The van der Waals surface area contributed by atoms with Crippen LogP contribution in [0.2, 0.25) is 5.02 Å². The Kier molecular flexibility index (Phi) is 4.69. The molecule has 5 rings (SSSR count).